The molecule has 0 amide bonds. The number of ketones is 1. The molecule has 2 aliphatic rings. The molecule has 0 spiro atoms. The molecular weight excluding hydrogens is 222 g/mol. The SMILES string of the molecule is C=C(N)[C@@H](C)C1CCC2C(=O)CCC[C@@]21C.CC. The molecule has 4 atom stereocenters. The summed E-state index contributed by atoms with van der Waals surface area (Å²) < 4.78 is 0. The van der Waals surface area contributed by atoms with E-state index >= 15 is 0 Å². The minimum Gasteiger partial charge on any atom is -0.402 e. The average Bonchev–Trinajstić information content (AvgIpc) is 2.69. The van der Waals surface area contributed by atoms with Crippen molar-refractivity contribution in [2.75, 3.05) is 0 Å². The molecule has 18 heavy (non-hydrogen) atoms. The van der Waals surface area contributed by atoms with Crippen molar-refractivity contribution >= 4 is 5.78 Å². The van der Waals surface area contributed by atoms with E-state index < -0.39 is 0 Å². The lowest BCUT2D eigenvalue weighted by atomic mass is 9.62. The van der Waals surface area contributed by atoms with Crippen molar-refractivity contribution in [1.82, 2.24) is 0 Å². The normalized spacial score (nSPS) is 36.3. The van der Waals surface area contributed by atoms with E-state index in [0.717, 1.165) is 31.4 Å². The van der Waals surface area contributed by atoms with Gasteiger partial charge < -0.3 is 5.73 Å². The van der Waals surface area contributed by atoms with Crippen LogP contribution in [0.15, 0.2) is 12.3 Å². The Hall–Kier alpha value is -0.790. The van der Waals surface area contributed by atoms with E-state index in [9.17, 15) is 4.79 Å². The molecule has 2 N–H and O–H groups in total. The predicted octanol–water partition coefficient (Wildman–Crippen LogP) is 3.91. The lowest BCUT2D eigenvalue weighted by Crippen LogP contribution is -2.40. The Balaban J connectivity index is 0.000000771. The number of carbonyl (C=O) groups excluding carboxylic acids is 1. The maximum Gasteiger partial charge on any atom is 0.136 e. The molecule has 0 bridgehead atoms. The van der Waals surface area contributed by atoms with Gasteiger partial charge in [0.05, 0.1) is 0 Å². The lowest BCUT2D eigenvalue weighted by molar-refractivity contribution is -0.129. The number of allylic oxidation sites excluding steroid dienone is 1. The van der Waals surface area contributed by atoms with Crippen LogP contribution in [0.5, 0.6) is 0 Å². The van der Waals surface area contributed by atoms with Crippen LogP contribution in [0.4, 0.5) is 0 Å². The molecule has 0 aromatic heterocycles. The highest BCUT2D eigenvalue weighted by Crippen LogP contribution is 2.56. The molecular formula is C16H29NO. The van der Waals surface area contributed by atoms with Crippen molar-refractivity contribution in [3.8, 4) is 0 Å². The van der Waals surface area contributed by atoms with Gasteiger partial charge in [0.1, 0.15) is 5.78 Å². The fourth-order valence-electron chi connectivity index (χ4n) is 4.05. The number of Topliss-reactive ketones (excluding diaryl/α,β-unsaturated/α-hetero) is 1. The molecule has 2 fully saturated rings. The minimum absolute atomic E-state index is 0.192. The highest BCUT2D eigenvalue weighted by Gasteiger charge is 2.52. The fourth-order valence-corrected chi connectivity index (χ4v) is 4.05. The number of rotatable bonds is 2. The zero-order valence-corrected chi connectivity index (χ0v) is 12.5. The molecule has 2 unspecified atom stereocenters. The number of nitrogens with two attached hydrogens (primary N) is 1. The topological polar surface area (TPSA) is 43.1 Å². The zero-order chi connectivity index (χ0) is 13.9. The van der Waals surface area contributed by atoms with E-state index in [1.165, 1.54) is 6.42 Å². The molecule has 0 saturated heterocycles. The maximum absolute atomic E-state index is 12.0. The molecule has 2 heteroatoms. The molecule has 2 nitrogen and oxygen atoms in total. The molecule has 0 aliphatic heterocycles. The molecule has 0 aromatic rings. The summed E-state index contributed by atoms with van der Waals surface area (Å²) in [6.45, 7) is 12.3. The van der Waals surface area contributed by atoms with Crippen LogP contribution < -0.4 is 5.73 Å². The third-order valence-corrected chi connectivity index (χ3v) is 5.13. The smallest absolute Gasteiger partial charge is 0.136 e. The molecule has 2 saturated carbocycles. The van der Waals surface area contributed by atoms with Crippen LogP contribution in [0.25, 0.3) is 0 Å². The van der Waals surface area contributed by atoms with Crippen molar-refractivity contribution in [2.24, 2.45) is 28.9 Å². The van der Waals surface area contributed by atoms with Crippen molar-refractivity contribution in [2.45, 2.75) is 59.8 Å². The van der Waals surface area contributed by atoms with Gasteiger partial charge in [-0.15, -0.1) is 0 Å². The Morgan fingerprint density at radius 1 is 1.44 bits per heavy atom. The largest absolute Gasteiger partial charge is 0.402 e. The summed E-state index contributed by atoms with van der Waals surface area (Å²) in [5.74, 6) is 1.69. The van der Waals surface area contributed by atoms with E-state index in [1.54, 1.807) is 0 Å². The van der Waals surface area contributed by atoms with Gasteiger partial charge in [-0.3, -0.25) is 4.79 Å². The first-order chi connectivity index (χ1) is 8.47. The third kappa shape index (κ3) is 2.48. The first kappa shape index (κ1) is 15.3. The second kappa shape index (κ2) is 5.90. The van der Waals surface area contributed by atoms with Gasteiger partial charge in [0.2, 0.25) is 0 Å². The number of hydrogen-bond donors (Lipinski definition) is 1. The molecule has 0 radical (unpaired) electrons. The van der Waals surface area contributed by atoms with Crippen molar-refractivity contribution in [1.29, 1.82) is 0 Å². The van der Waals surface area contributed by atoms with Gasteiger partial charge in [0, 0.05) is 18.0 Å². The number of hydrogen-bond acceptors (Lipinski definition) is 2. The van der Waals surface area contributed by atoms with Crippen LogP contribution in [-0.2, 0) is 4.79 Å². The maximum atomic E-state index is 12.0. The third-order valence-electron chi connectivity index (χ3n) is 5.13. The van der Waals surface area contributed by atoms with E-state index in [2.05, 4.69) is 20.4 Å². The van der Waals surface area contributed by atoms with Crippen molar-refractivity contribution < 1.29 is 4.79 Å². The van der Waals surface area contributed by atoms with Gasteiger partial charge >= 0.3 is 0 Å². The second-order valence-electron chi connectivity index (χ2n) is 5.93. The summed E-state index contributed by atoms with van der Waals surface area (Å²) in [6.07, 6.45) is 5.25. The number of carbonyl (C=O) groups is 1. The van der Waals surface area contributed by atoms with Gasteiger partial charge in [0.15, 0.2) is 0 Å². The van der Waals surface area contributed by atoms with Crippen LogP contribution >= 0.6 is 0 Å². The van der Waals surface area contributed by atoms with Crippen LogP contribution in [0, 0.1) is 23.2 Å². The average molecular weight is 251 g/mol. The molecule has 0 aromatic carbocycles. The lowest BCUT2D eigenvalue weighted by Gasteiger charge is -2.42. The first-order valence-corrected chi connectivity index (χ1v) is 7.44. The number of fused-ring (bicyclic) bond motifs is 1. The first-order valence-electron chi connectivity index (χ1n) is 7.44. The minimum atomic E-state index is 0.192. The summed E-state index contributed by atoms with van der Waals surface area (Å²) >= 11 is 0. The van der Waals surface area contributed by atoms with Crippen molar-refractivity contribution in [3.05, 3.63) is 12.3 Å². The van der Waals surface area contributed by atoms with E-state index in [0.29, 0.717) is 23.5 Å². The molecule has 2 aliphatic carbocycles. The Morgan fingerprint density at radius 3 is 2.61 bits per heavy atom. The van der Waals surface area contributed by atoms with Crippen molar-refractivity contribution in [3.63, 3.8) is 0 Å². The Bertz CT molecular complexity index is 323. The Labute approximate surface area is 112 Å². The van der Waals surface area contributed by atoms with Gasteiger partial charge in [-0.2, -0.15) is 0 Å². The fraction of sp³-hybridized carbons (Fsp3) is 0.812. The van der Waals surface area contributed by atoms with Crippen LogP contribution in [0.3, 0.4) is 0 Å². The zero-order valence-electron chi connectivity index (χ0n) is 12.5. The van der Waals surface area contributed by atoms with Crippen LogP contribution in [-0.4, -0.2) is 5.78 Å². The standard InChI is InChI=1S/C14H23NO.C2H6/c1-9(10(2)15)11-6-7-12-13(16)5-4-8-14(11,12)3;1-2/h9,11-12H,2,4-8,15H2,1,3H3;1-2H3/t9-,11?,12?,14-;/m1./s1. The molecule has 104 valence electrons. The van der Waals surface area contributed by atoms with Gasteiger partial charge in [0.25, 0.3) is 0 Å². The Morgan fingerprint density at radius 2 is 2.06 bits per heavy atom. The Kier molecular flexibility index (Phi) is 5.01. The predicted molar refractivity (Wildman–Crippen MR) is 77.0 cm³/mol. The summed E-state index contributed by atoms with van der Waals surface area (Å²) in [6, 6.07) is 0. The summed E-state index contributed by atoms with van der Waals surface area (Å²) in [5.41, 5.74) is 6.83. The van der Waals surface area contributed by atoms with E-state index in [4.69, 9.17) is 5.73 Å². The van der Waals surface area contributed by atoms with Crippen LogP contribution in [0.2, 0.25) is 0 Å². The molecule has 2 rings (SSSR count). The van der Waals surface area contributed by atoms with Gasteiger partial charge in [-0.25, -0.2) is 0 Å². The summed E-state index contributed by atoms with van der Waals surface area (Å²) in [7, 11) is 0. The highest BCUT2D eigenvalue weighted by atomic mass is 16.1. The van der Waals surface area contributed by atoms with Gasteiger partial charge in [-0.05, 0) is 42.9 Å². The van der Waals surface area contributed by atoms with E-state index in [1.807, 2.05) is 13.8 Å². The summed E-state index contributed by atoms with van der Waals surface area (Å²) in [5, 5.41) is 0. The van der Waals surface area contributed by atoms with E-state index in [-0.39, 0.29) is 5.41 Å². The summed E-state index contributed by atoms with van der Waals surface area (Å²) in [4.78, 5) is 12.0. The quantitative estimate of drug-likeness (QED) is 0.808. The highest BCUT2D eigenvalue weighted by molar-refractivity contribution is 5.83. The monoisotopic (exact) mass is 251 g/mol. The molecule has 0 heterocycles. The van der Waals surface area contributed by atoms with Gasteiger partial charge in [-0.1, -0.05) is 34.3 Å². The van der Waals surface area contributed by atoms with Crippen LogP contribution in [0.1, 0.15) is 59.8 Å². The second-order valence-corrected chi connectivity index (χ2v) is 5.93.